The summed E-state index contributed by atoms with van der Waals surface area (Å²) in [5.41, 5.74) is 0. The van der Waals surface area contributed by atoms with Gasteiger partial charge in [0.15, 0.2) is 12.2 Å². The molecule has 0 aliphatic heterocycles. The van der Waals surface area contributed by atoms with Crippen LogP contribution in [0.2, 0.25) is 0 Å². The van der Waals surface area contributed by atoms with Crippen molar-refractivity contribution in [2.45, 2.75) is 303 Å². The summed E-state index contributed by atoms with van der Waals surface area (Å²) in [6.07, 6.45) is 101. The van der Waals surface area contributed by atoms with Crippen LogP contribution in [0, 0.1) is 0 Å². The van der Waals surface area contributed by atoms with Crippen LogP contribution >= 0.6 is 15.6 Å². The number of phosphoric ester groups is 2. The van der Waals surface area contributed by atoms with Crippen LogP contribution in [0.15, 0.2) is 207 Å². The van der Waals surface area contributed by atoms with Crippen molar-refractivity contribution in [2.24, 2.45) is 0 Å². The van der Waals surface area contributed by atoms with Gasteiger partial charge >= 0.3 is 39.5 Å². The fourth-order valence-electron chi connectivity index (χ4n) is 10.1. The molecule has 0 heterocycles. The molecular formula is C91H144O17P2. The summed E-state index contributed by atoms with van der Waals surface area (Å²) >= 11 is 0. The second-order valence-electron chi connectivity index (χ2n) is 26.6. The Balaban J connectivity index is 5.51. The smallest absolute Gasteiger partial charge is 0.462 e. The van der Waals surface area contributed by atoms with E-state index in [0.29, 0.717) is 32.1 Å². The molecule has 0 aromatic rings. The van der Waals surface area contributed by atoms with Gasteiger partial charge in [-0.3, -0.25) is 37.3 Å². The molecule has 0 radical (unpaired) electrons. The molecule has 0 amide bonds. The third-order valence-electron chi connectivity index (χ3n) is 16.2. The second-order valence-corrected chi connectivity index (χ2v) is 29.5. The first-order valence-corrected chi connectivity index (χ1v) is 44.3. The lowest BCUT2D eigenvalue weighted by Crippen LogP contribution is -2.30. The zero-order chi connectivity index (χ0) is 80.3. The monoisotopic (exact) mass is 1570 g/mol. The molecule has 0 spiro atoms. The lowest BCUT2D eigenvalue weighted by molar-refractivity contribution is -0.161. The van der Waals surface area contributed by atoms with Crippen molar-refractivity contribution in [2.75, 3.05) is 39.6 Å². The molecular weight excluding hydrogens is 1430 g/mol. The van der Waals surface area contributed by atoms with E-state index < -0.39 is 97.5 Å². The van der Waals surface area contributed by atoms with Crippen LogP contribution in [-0.4, -0.2) is 96.7 Å². The normalized spacial score (nSPS) is 14.9. The number of unbranched alkanes of at least 4 members (excludes halogenated alkanes) is 15. The summed E-state index contributed by atoms with van der Waals surface area (Å²) in [6.45, 7) is 4.29. The number of hydrogen-bond acceptors (Lipinski definition) is 15. The molecule has 0 aromatic heterocycles. The molecule has 0 rings (SSSR count). The topological polar surface area (TPSA) is 237 Å². The lowest BCUT2D eigenvalue weighted by Gasteiger charge is -2.21. The molecule has 0 aliphatic rings. The van der Waals surface area contributed by atoms with E-state index in [1.54, 1.807) is 0 Å². The van der Waals surface area contributed by atoms with Crippen molar-refractivity contribution in [3.8, 4) is 0 Å². The van der Waals surface area contributed by atoms with Gasteiger partial charge < -0.3 is 33.8 Å². The van der Waals surface area contributed by atoms with Gasteiger partial charge in [0.1, 0.15) is 19.3 Å². The van der Waals surface area contributed by atoms with Crippen LogP contribution in [0.5, 0.6) is 0 Å². The van der Waals surface area contributed by atoms with Gasteiger partial charge in [-0.1, -0.05) is 292 Å². The first kappa shape index (κ1) is 104. The number of carbonyl (C=O) groups excluding carboxylic acids is 4. The average Bonchev–Trinajstić information content (AvgIpc) is 0.900. The highest BCUT2D eigenvalue weighted by molar-refractivity contribution is 7.47. The van der Waals surface area contributed by atoms with Crippen molar-refractivity contribution >= 4 is 39.5 Å². The number of rotatable bonds is 75. The van der Waals surface area contributed by atoms with Gasteiger partial charge in [0.2, 0.25) is 0 Å². The molecule has 0 aromatic carbocycles. The van der Waals surface area contributed by atoms with Crippen LogP contribution in [0.4, 0.5) is 0 Å². The Morgan fingerprint density at radius 3 is 0.791 bits per heavy atom. The minimum atomic E-state index is -5.02. The van der Waals surface area contributed by atoms with E-state index in [0.717, 1.165) is 199 Å². The standard InChI is InChI=1S/C91H144O17P2/c1-5-9-13-17-21-25-29-33-36-39-42-45-48-52-55-59-63-67-71-75-88(93)101-81-86(107-90(95)77-73-69-65-61-57-51-32-28-24-20-16-12-8-4)83-105-109(97,98)103-79-85(92)80-104-110(99,100)106-84-87(108-91(96)78-74-70-66-62-58-54-50-47-44-41-38-35-31-27-23-19-15-11-7-3)82-102-89(94)76-72-68-64-60-56-53-49-46-43-40-37-34-30-26-22-18-14-10-6-2/h9-11,13-16,20-23,25-28,32-38,42-47,52-53,55-56,64,68,85-87,92H,5-8,12,17-19,24,29-31,39-41,48-51,54,57-63,65-67,69-84H2,1-4H3,(H,97,98)(H,99,100)/b13-9-,14-10-,15-11-,20-16-,25-21-,26-22-,27-23-,32-28-,36-33-,37-34-,38-35-,45-42-,46-43-,47-44-,55-52-,56-53-,68-64-. The summed E-state index contributed by atoms with van der Waals surface area (Å²) in [7, 11) is -10.0. The summed E-state index contributed by atoms with van der Waals surface area (Å²) in [4.78, 5) is 73.1. The average molecular weight is 1570 g/mol. The van der Waals surface area contributed by atoms with Gasteiger partial charge in [0.05, 0.1) is 26.4 Å². The van der Waals surface area contributed by atoms with Crippen molar-refractivity contribution in [3.05, 3.63) is 207 Å². The Labute approximate surface area is 665 Å². The zero-order valence-electron chi connectivity index (χ0n) is 67.8. The molecule has 0 aliphatic carbocycles. The van der Waals surface area contributed by atoms with Gasteiger partial charge in [0, 0.05) is 25.7 Å². The lowest BCUT2D eigenvalue weighted by atomic mass is 10.1. The van der Waals surface area contributed by atoms with Gasteiger partial charge in [-0.15, -0.1) is 0 Å². The quantitative estimate of drug-likeness (QED) is 0.0169. The van der Waals surface area contributed by atoms with E-state index in [1.165, 1.54) is 0 Å². The Morgan fingerprint density at radius 2 is 0.491 bits per heavy atom. The van der Waals surface area contributed by atoms with E-state index in [2.05, 4.69) is 216 Å². The van der Waals surface area contributed by atoms with Crippen molar-refractivity contribution < 1.29 is 80.2 Å². The molecule has 110 heavy (non-hydrogen) atoms. The van der Waals surface area contributed by atoms with Gasteiger partial charge in [0.25, 0.3) is 0 Å². The highest BCUT2D eigenvalue weighted by atomic mass is 31.2. The number of allylic oxidation sites excluding steroid dienone is 34. The van der Waals surface area contributed by atoms with Crippen molar-refractivity contribution in [1.82, 2.24) is 0 Å². The van der Waals surface area contributed by atoms with Gasteiger partial charge in [-0.2, -0.15) is 0 Å². The van der Waals surface area contributed by atoms with Crippen LogP contribution in [-0.2, 0) is 65.4 Å². The third kappa shape index (κ3) is 79.7. The fraction of sp³-hybridized carbons (Fsp3) is 0.582. The van der Waals surface area contributed by atoms with Crippen LogP contribution in [0.3, 0.4) is 0 Å². The largest absolute Gasteiger partial charge is 0.472 e. The Kier molecular flexibility index (Phi) is 76.0. The molecule has 5 unspecified atom stereocenters. The van der Waals surface area contributed by atoms with E-state index in [1.807, 2.05) is 18.2 Å². The SMILES string of the molecule is CC/C=C\C/C=C\C/C=C\C/C=C\C/C=C\C/C=C\CCC(=O)OCC(COP(=O)(O)OCC(O)COP(=O)(O)OCC(COC(=O)CCCCC/C=C\C/C=C\C/C=C\C/C=C\C/C=C\CC)OC(=O)CCCCCCC/C=C\C/C=C\CCC)OC(=O)CCCCCCCC/C=C\C/C=C\C/C=C\C/C=C\CC. The number of hydrogen-bond donors (Lipinski definition) is 3. The minimum absolute atomic E-state index is 0.0236. The molecule has 19 heteroatoms. The van der Waals surface area contributed by atoms with E-state index in [9.17, 15) is 43.2 Å². The summed E-state index contributed by atoms with van der Waals surface area (Å²) in [5.74, 6) is -2.36. The maximum atomic E-state index is 13.1. The molecule has 17 nitrogen and oxygen atoms in total. The van der Waals surface area contributed by atoms with Gasteiger partial charge in [-0.25, -0.2) is 9.13 Å². The maximum Gasteiger partial charge on any atom is 0.472 e. The van der Waals surface area contributed by atoms with E-state index >= 15 is 0 Å². The summed E-state index contributed by atoms with van der Waals surface area (Å²) in [5, 5.41) is 10.7. The predicted octanol–water partition coefficient (Wildman–Crippen LogP) is 24.7. The number of aliphatic hydroxyl groups excluding tert-OH is 1. The highest BCUT2D eigenvalue weighted by Crippen LogP contribution is 2.45. The van der Waals surface area contributed by atoms with Crippen molar-refractivity contribution in [1.29, 1.82) is 0 Å². The zero-order valence-corrected chi connectivity index (χ0v) is 69.6. The van der Waals surface area contributed by atoms with Crippen LogP contribution in [0.1, 0.15) is 285 Å². The minimum Gasteiger partial charge on any atom is -0.462 e. The number of ether oxygens (including phenoxy) is 4. The number of phosphoric acid groups is 2. The Bertz CT molecular complexity index is 2900. The Morgan fingerprint density at radius 1 is 0.264 bits per heavy atom. The molecule has 0 bridgehead atoms. The Hall–Kier alpha value is -6.36. The van der Waals surface area contributed by atoms with Gasteiger partial charge in [-0.05, 0) is 173 Å². The summed E-state index contributed by atoms with van der Waals surface area (Å²) < 4.78 is 68.6. The number of esters is 4. The van der Waals surface area contributed by atoms with E-state index in [-0.39, 0.29) is 25.7 Å². The predicted molar refractivity (Wildman–Crippen MR) is 454 cm³/mol. The molecule has 0 saturated carbocycles. The second kappa shape index (κ2) is 80.7. The maximum absolute atomic E-state index is 13.1. The number of carbonyl (C=O) groups is 4. The first-order valence-electron chi connectivity index (χ1n) is 41.3. The van der Waals surface area contributed by atoms with E-state index in [4.69, 9.17) is 37.0 Å². The summed E-state index contributed by atoms with van der Waals surface area (Å²) in [6, 6.07) is 0. The molecule has 0 fully saturated rings. The molecule has 0 saturated heterocycles. The molecule has 5 atom stereocenters. The highest BCUT2D eigenvalue weighted by Gasteiger charge is 2.30. The first-order chi connectivity index (χ1) is 53.7. The molecule has 620 valence electrons. The number of aliphatic hydroxyl groups is 1. The van der Waals surface area contributed by atoms with Crippen molar-refractivity contribution in [3.63, 3.8) is 0 Å². The fourth-order valence-corrected chi connectivity index (χ4v) is 11.6. The van der Waals surface area contributed by atoms with Crippen LogP contribution < -0.4 is 0 Å². The van der Waals surface area contributed by atoms with Crippen LogP contribution in [0.25, 0.3) is 0 Å². The molecule has 3 N–H and O–H groups in total. The third-order valence-corrected chi connectivity index (χ3v) is 18.1.